The van der Waals surface area contributed by atoms with Crippen molar-refractivity contribution in [2.75, 3.05) is 18.1 Å². The Morgan fingerprint density at radius 1 is 1.22 bits per heavy atom. The number of ether oxygens (including phenoxy) is 1. The first kappa shape index (κ1) is 11.2. The van der Waals surface area contributed by atoms with Crippen LogP contribution in [0.1, 0.15) is 5.56 Å². The summed E-state index contributed by atoms with van der Waals surface area (Å²) >= 11 is 0. The Kier molecular flexibility index (Phi) is 2.56. The summed E-state index contributed by atoms with van der Waals surface area (Å²) in [4.78, 5) is 25.5. The first-order chi connectivity index (χ1) is 8.66. The van der Waals surface area contributed by atoms with Gasteiger partial charge in [-0.15, -0.1) is 0 Å². The van der Waals surface area contributed by atoms with Crippen LogP contribution in [0.4, 0.5) is 10.5 Å². The van der Waals surface area contributed by atoms with Gasteiger partial charge in [-0.3, -0.25) is 4.79 Å². The molecule has 0 aliphatic carbocycles. The number of carbonyl (C=O) groups excluding carboxylic acids is 2. The summed E-state index contributed by atoms with van der Waals surface area (Å²) in [7, 11) is 0. The zero-order chi connectivity index (χ0) is 12.7. The van der Waals surface area contributed by atoms with Gasteiger partial charge in [0.15, 0.2) is 0 Å². The van der Waals surface area contributed by atoms with Gasteiger partial charge in [-0.05, 0) is 19.1 Å². The Labute approximate surface area is 105 Å². The topological polar surface area (TPSA) is 58.6 Å². The quantitative estimate of drug-likeness (QED) is 0.806. The highest BCUT2D eigenvalue weighted by Crippen LogP contribution is 2.26. The average Bonchev–Trinajstić information content (AvgIpc) is 2.80. The average molecular weight is 246 g/mol. The number of urea groups is 1. The number of anilines is 1. The number of rotatable bonds is 1. The predicted molar refractivity (Wildman–Crippen MR) is 65.3 cm³/mol. The first-order valence-electron chi connectivity index (χ1n) is 5.95. The summed E-state index contributed by atoms with van der Waals surface area (Å²) in [5.41, 5.74) is 1.69. The molecule has 94 valence electrons. The minimum Gasteiger partial charge on any atom is -0.378 e. The number of carbonyl (C=O) groups is 2. The van der Waals surface area contributed by atoms with Crippen molar-refractivity contribution in [2.45, 2.75) is 13.0 Å². The molecule has 0 spiro atoms. The lowest BCUT2D eigenvalue weighted by molar-refractivity contribution is -0.122. The van der Waals surface area contributed by atoms with Gasteiger partial charge in [-0.25, -0.2) is 9.69 Å². The van der Waals surface area contributed by atoms with Crippen LogP contribution in [0, 0.1) is 12.8 Å². The van der Waals surface area contributed by atoms with Crippen molar-refractivity contribution in [1.29, 1.82) is 0 Å². The van der Waals surface area contributed by atoms with Crippen molar-refractivity contribution in [1.82, 2.24) is 5.32 Å². The molecule has 2 fully saturated rings. The van der Waals surface area contributed by atoms with Crippen LogP contribution in [0.15, 0.2) is 24.3 Å². The second-order valence-corrected chi connectivity index (χ2v) is 4.71. The molecule has 2 aliphatic rings. The Balaban J connectivity index is 1.93. The molecular formula is C13H14N2O3. The van der Waals surface area contributed by atoms with Crippen LogP contribution in [0.2, 0.25) is 0 Å². The molecule has 1 N–H and O–H groups in total. The Hall–Kier alpha value is -1.88. The van der Waals surface area contributed by atoms with Crippen molar-refractivity contribution in [2.24, 2.45) is 5.92 Å². The number of hydrogen-bond acceptors (Lipinski definition) is 3. The van der Waals surface area contributed by atoms with E-state index in [1.165, 1.54) is 4.90 Å². The van der Waals surface area contributed by atoms with E-state index in [4.69, 9.17) is 4.74 Å². The summed E-state index contributed by atoms with van der Waals surface area (Å²) < 4.78 is 5.25. The molecule has 5 nitrogen and oxygen atoms in total. The van der Waals surface area contributed by atoms with Gasteiger partial charge in [0.25, 0.3) is 0 Å². The fourth-order valence-electron chi connectivity index (χ4n) is 2.37. The molecule has 1 aromatic carbocycles. The van der Waals surface area contributed by atoms with Gasteiger partial charge in [0.05, 0.1) is 30.9 Å². The lowest BCUT2D eigenvalue weighted by atomic mass is 9.99. The normalized spacial score (nSPS) is 27.1. The standard InChI is InChI=1S/C13H14N2O3/c1-8-2-4-9(5-3-8)15-12(16)10-6-18-7-11(10)14-13(15)17/h2-5,10-11H,6-7H2,1H3,(H,14,17). The lowest BCUT2D eigenvalue weighted by Crippen LogP contribution is -2.59. The van der Waals surface area contributed by atoms with Gasteiger partial charge in [0.2, 0.25) is 5.91 Å². The summed E-state index contributed by atoms with van der Waals surface area (Å²) in [5.74, 6) is -0.436. The molecule has 0 radical (unpaired) electrons. The van der Waals surface area contributed by atoms with Gasteiger partial charge in [0, 0.05) is 0 Å². The minimum atomic E-state index is -0.365. The molecule has 2 unspecified atom stereocenters. The fourth-order valence-corrected chi connectivity index (χ4v) is 2.37. The maximum atomic E-state index is 12.3. The van der Waals surface area contributed by atoms with Crippen LogP contribution in [-0.4, -0.2) is 31.2 Å². The maximum Gasteiger partial charge on any atom is 0.329 e. The molecular weight excluding hydrogens is 232 g/mol. The van der Waals surface area contributed by atoms with E-state index in [-0.39, 0.29) is 23.9 Å². The second-order valence-electron chi connectivity index (χ2n) is 4.71. The summed E-state index contributed by atoms with van der Waals surface area (Å²) in [6.07, 6.45) is 0. The van der Waals surface area contributed by atoms with Gasteiger partial charge < -0.3 is 10.1 Å². The molecule has 2 heterocycles. The molecule has 0 aromatic heterocycles. The lowest BCUT2D eigenvalue weighted by Gasteiger charge is -2.32. The third kappa shape index (κ3) is 1.67. The second kappa shape index (κ2) is 4.10. The highest BCUT2D eigenvalue weighted by molar-refractivity contribution is 6.17. The van der Waals surface area contributed by atoms with Crippen LogP contribution in [-0.2, 0) is 9.53 Å². The van der Waals surface area contributed by atoms with Crippen molar-refractivity contribution in [3.8, 4) is 0 Å². The predicted octanol–water partition coefficient (Wildman–Crippen LogP) is 1.07. The molecule has 5 heteroatoms. The molecule has 18 heavy (non-hydrogen) atoms. The molecule has 2 saturated heterocycles. The summed E-state index contributed by atoms with van der Waals surface area (Å²) in [6.45, 7) is 2.76. The molecule has 1 aromatic rings. The Morgan fingerprint density at radius 2 is 1.94 bits per heavy atom. The number of hydrogen-bond donors (Lipinski definition) is 1. The van der Waals surface area contributed by atoms with Gasteiger partial charge in [0.1, 0.15) is 0 Å². The zero-order valence-corrected chi connectivity index (χ0v) is 10.1. The van der Waals surface area contributed by atoms with E-state index in [1.54, 1.807) is 12.1 Å². The van der Waals surface area contributed by atoms with E-state index in [1.807, 2.05) is 19.1 Å². The molecule has 2 atom stereocenters. The number of nitrogens with one attached hydrogen (secondary N) is 1. The van der Waals surface area contributed by atoms with Crippen LogP contribution < -0.4 is 10.2 Å². The SMILES string of the molecule is Cc1ccc(N2C(=O)NC3COCC3C2=O)cc1. The van der Waals surface area contributed by atoms with E-state index in [9.17, 15) is 9.59 Å². The number of imide groups is 1. The van der Waals surface area contributed by atoms with E-state index >= 15 is 0 Å². The number of fused-ring (bicyclic) bond motifs is 1. The number of aryl methyl sites for hydroxylation is 1. The first-order valence-corrected chi connectivity index (χ1v) is 5.95. The van der Waals surface area contributed by atoms with Crippen molar-refractivity contribution in [3.63, 3.8) is 0 Å². The van der Waals surface area contributed by atoms with Crippen molar-refractivity contribution >= 4 is 17.6 Å². The highest BCUT2D eigenvalue weighted by atomic mass is 16.5. The van der Waals surface area contributed by atoms with Crippen LogP contribution >= 0.6 is 0 Å². The number of amides is 3. The van der Waals surface area contributed by atoms with Crippen molar-refractivity contribution < 1.29 is 14.3 Å². The molecule has 3 amide bonds. The summed E-state index contributed by atoms with van der Waals surface area (Å²) in [5, 5.41) is 2.81. The van der Waals surface area contributed by atoms with E-state index in [0.717, 1.165) is 5.56 Å². The van der Waals surface area contributed by atoms with Crippen LogP contribution in [0.25, 0.3) is 0 Å². The number of benzene rings is 1. The molecule has 3 rings (SSSR count). The highest BCUT2D eigenvalue weighted by Gasteiger charge is 2.44. The van der Waals surface area contributed by atoms with Gasteiger partial charge in [-0.2, -0.15) is 0 Å². The van der Waals surface area contributed by atoms with E-state index in [2.05, 4.69) is 5.32 Å². The van der Waals surface area contributed by atoms with Crippen LogP contribution in [0.3, 0.4) is 0 Å². The third-order valence-electron chi connectivity index (χ3n) is 3.42. The molecule has 0 saturated carbocycles. The zero-order valence-electron chi connectivity index (χ0n) is 10.1. The van der Waals surface area contributed by atoms with Crippen molar-refractivity contribution in [3.05, 3.63) is 29.8 Å². The Morgan fingerprint density at radius 3 is 2.67 bits per heavy atom. The van der Waals surface area contributed by atoms with Gasteiger partial charge in [-0.1, -0.05) is 17.7 Å². The number of nitrogens with zero attached hydrogens (tertiary/aromatic N) is 1. The smallest absolute Gasteiger partial charge is 0.329 e. The minimum absolute atomic E-state index is 0.174. The molecule has 0 bridgehead atoms. The Bertz CT molecular complexity index is 497. The largest absolute Gasteiger partial charge is 0.378 e. The molecule has 2 aliphatic heterocycles. The fraction of sp³-hybridized carbons (Fsp3) is 0.385. The van der Waals surface area contributed by atoms with E-state index < -0.39 is 0 Å². The third-order valence-corrected chi connectivity index (χ3v) is 3.42. The van der Waals surface area contributed by atoms with Crippen LogP contribution in [0.5, 0.6) is 0 Å². The monoisotopic (exact) mass is 246 g/mol. The maximum absolute atomic E-state index is 12.3. The van der Waals surface area contributed by atoms with E-state index in [0.29, 0.717) is 18.9 Å². The summed E-state index contributed by atoms with van der Waals surface area (Å²) in [6, 6.07) is 6.79. The van der Waals surface area contributed by atoms with Gasteiger partial charge >= 0.3 is 6.03 Å².